The second kappa shape index (κ2) is 7.37. The third-order valence-electron chi connectivity index (χ3n) is 3.63. The highest BCUT2D eigenvalue weighted by Gasteiger charge is 2.12. The molecule has 2 N–H and O–H groups in total. The van der Waals surface area contributed by atoms with Crippen molar-refractivity contribution in [3.63, 3.8) is 0 Å². The van der Waals surface area contributed by atoms with E-state index < -0.39 is 11.5 Å². The molecule has 120 valence electrons. The van der Waals surface area contributed by atoms with E-state index in [1.165, 1.54) is 6.20 Å². The van der Waals surface area contributed by atoms with Crippen molar-refractivity contribution in [1.29, 1.82) is 0 Å². The van der Waals surface area contributed by atoms with Crippen LogP contribution < -0.4 is 10.9 Å². The molecule has 3 aromatic rings. The van der Waals surface area contributed by atoms with E-state index in [0.29, 0.717) is 18.8 Å². The molecule has 0 radical (unpaired) electrons. The number of carbonyl (C=O) groups excluding carboxylic acids is 1. The van der Waals surface area contributed by atoms with Gasteiger partial charge in [-0.1, -0.05) is 60.7 Å². The average Bonchev–Trinajstić information content (AvgIpc) is 2.63. The van der Waals surface area contributed by atoms with Crippen molar-refractivity contribution in [2.45, 2.75) is 6.42 Å². The summed E-state index contributed by atoms with van der Waals surface area (Å²) in [5, 5.41) is 2.75. The summed E-state index contributed by atoms with van der Waals surface area (Å²) in [7, 11) is 0. The number of benzene rings is 2. The van der Waals surface area contributed by atoms with Gasteiger partial charge in [-0.3, -0.25) is 9.59 Å². The largest absolute Gasteiger partial charge is 0.351 e. The Balaban J connectivity index is 1.66. The molecule has 1 aromatic heterocycles. The molecule has 24 heavy (non-hydrogen) atoms. The quantitative estimate of drug-likeness (QED) is 0.758. The predicted octanol–water partition coefficient (Wildman–Crippen LogP) is 2.41. The predicted molar refractivity (Wildman–Crippen MR) is 92.8 cm³/mol. The molecule has 0 saturated carbocycles. The van der Waals surface area contributed by atoms with Crippen molar-refractivity contribution >= 4 is 5.91 Å². The number of H-pyrrole nitrogens is 1. The molecule has 5 heteroatoms. The first-order valence-corrected chi connectivity index (χ1v) is 7.71. The lowest BCUT2D eigenvalue weighted by Crippen LogP contribution is -2.31. The molecule has 3 rings (SSSR count). The van der Waals surface area contributed by atoms with E-state index in [9.17, 15) is 9.59 Å². The average molecular weight is 319 g/mol. The van der Waals surface area contributed by atoms with Crippen LogP contribution in [0.1, 0.15) is 15.9 Å². The normalized spacial score (nSPS) is 10.3. The van der Waals surface area contributed by atoms with Gasteiger partial charge in [0.25, 0.3) is 11.5 Å². The van der Waals surface area contributed by atoms with Gasteiger partial charge in [0, 0.05) is 18.3 Å². The Morgan fingerprint density at radius 2 is 1.67 bits per heavy atom. The monoisotopic (exact) mass is 319 g/mol. The second-order valence-corrected chi connectivity index (χ2v) is 5.33. The molecule has 0 saturated heterocycles. The molecule has 2 aromatic carbocycles. The number of amides is 1. The van der Waals surface area contributed by atoms with Crippen molar-refractivity contribution in [2.24, 2.45) is 0 Å². The topological polar surface area (TPSA) is 74.8 Å². The fraction of sp³-hybridized carbons (Fsp3) is 0.105. The molecule has 0 bridgehead atoms. The molecule has 0 aliphatic carbocycles. The van der Waals surface area contributed by atoms with Crippen LogP contribution in [0.4, 0.5) is 0 Å². The Bertz CT molecular complexity index is 874. The summed E-state index contributed by atoms with van der Waals surface area (Å²) in [6, 6.07) is 19.1. The third kappa shape index (κ3) is 3.76. The second-order valence-electron chi connectivity index (χ2n) is 5.33. The zero-order valence-electron chi connectivity index (χ0n) is 13.0. The molecule has 0 spiro atoms. The van der Waals surface area contributed by atoms with E-state index >= 15 is 0 Å². The van der Waals surface area contributed by atoms with Gasteiger partial charge in [0.05, 0.1) is 0 Å². The van der Waals surface area contributed by atoms with E-state index in [-0.39, 0.29) is 5.56 Å². The number of hydrogen-bond acceptors (Lipinski definition) is 3. The van der Waals surface area contributed by atoms with Crippen LogP contribution in [0.3, 0.4) is 0 Å². The van der Waals surface area contributed by atoms with E-state index in [4.69, 9.17) is 0 Å². The SMILES string of the molecule is O=C(NCCc1ccccc1)c1cnc(-c2ccccc2)[nH]c1=O. The molecule has 0 aliphatic heterocycles. The molecule has 1 heterocycles. The Labute approximate surface area is 139 Å². The highest BCUT2D eigenvalue weighted by molar-refractivity contribution is 5.93. The van der Waals surface area contributed by atoms with Gasteiger partial charge in [0.1, 0.15) is 11.4 Å². The van der Waals surface area contributed by atoms with Crippen LogP contribution in [0.15, 0.2) is 71.7 Å². The number of carbonyl (C=O) groups is 1. The van der Waals surface area contributed by atoms with Gasteiger partial charge >= 0.3 is 0 Å². The van der Waals surface area contributed by atoms with Gasteiger partial charge in [0.15, 0.2) is 0 Å². The van der Waals surface area contributed by atoms with Crippen LogP contribution in [0.25, 0.3) is 11.4 Å². The lowest BCUT2D eigenvalue weighted by molar-refractivity contribution is 0.0952. The fourth-order valence-electron chi connectivity index (χ4n) is 2.36. The summed E-state index contributed by atoms with van der Waals surface area (Å²) in [6.45, 7) is 0.461. The zero-order chi connectivity index (χ0) is 16.8. The zero-order valence-corrected chi connectivity index (χ0v) is 13.0. The highest BCUT2D eigenvalue weighted by Crippen LogP contribution is 2.11. The highest BCUT2D eigenvalue weighted by atomic mass is 16.2. The summed E-state index contributed by atoms with van der Waals surface area (Å²) in [6.07, 6.45) is 2.03. The van der Waals surface area contributed by atoms with E-state index in [1.54, 1.807) is 0 Å². The lowest BCUT2D eigenvalue weighted by atomic mass is 10.1. The first kappa shape index (κ1) is 15.7. The number of aromatic amines is 1. The van der Waals surface area contributed by atoms with Crippen LogP contribution >= 0.6 is 0 Å². The van der Waals surface area contributed by atoms with Gasteiger partial charge in [-0.15, -0.1) is 0 Å². The Morgan fingerprint density at radius 1 is 1.00 bits per heavy atom. The number of rotatable bonds is 5. The standard InChI is InChI=1S/C19H17N3O2/c23-18(20-12-11-14-7-3-1-4-8-14)16-13-21-17(22-19(16)24)15-9-5-2-6-10-15/h1-10,13H,11-12H2,(H,20,23)(H,21,22,24). The first-order valence-electron chi connectivity index (χ1n) is 7.71. The number of aromatic nitrogens is 2. The van der Waals surface area contributed by atoms with Crippen LogP contribution in [0.5, 0.6) is 0 Å². The molecule has 0 fully saturated rings. The Kier molecular flexibility index (Phi) is 4.81. The van der Waals surface area contributed by atoms with Crippen LogP contribution in [-0.2, 0) is 6.42 Å². The van der Waals surface area contributed by atoms with Crippen LogP contribution in [-0.4, -0.2) is 22.4 Å². The van der Waals surface area contributed by atoms with Crippen molar-refractivity contribution in [2.75, 3.05) is 6.54 Å². The minimum atomic E-state index is -0.443. The van der Waals surface area contributed by atoms with E-state index in [0.717, 1.165) is 11.1 Å². The van der Waals surface area contributed by atoms with Crippen molar-refractivity contribution in [3.05, 3.63) is 88.3 Å². The molecular formula is C19H17N3O2. The van der Waals surface area contributed by atoms with Crippen molar-refractivity contribution in [3.8, 4) is 11.4 Å². The summed E-state index contributed by atoms with van der Waals surface area (Å²) >= 11 is 0. The van der Waals surface area contributed by atoms with Gasteiger partial charge < -0.3 is 10.3 Å². The summed E-state index contributed by atoms with van der Waals surface area (Å²) in [5.41, 5.74) is 1.50. The molecule has 0 unspecified atom stereocenters. The smallest absolute Gasteiger partial charge is 0.264 e. The molecule has 5 nitrogen and oxygen atoms in total. The van der Waals surface area contributed by atoms with Gasteiger partial charge in [-0.25, -0.2) is 4.98 Å². The number of hydrogen-bond donors (Lipinski definition) is 2. The maximum atomic E-state index is 12.1. The maximum absolute atomic E-state index is 12.1. The van der Waals surface area contributed by atoms with Gasteiger partial charge in [-0.05, 0) is 12.0 Å². The third-order valence-corrected chi connectivity index (χ3v) is 3.63. The Morgan fingerprint density at radius 3 is 2.33 bits per heavy atom. The molecular weight excluding hydrogens is 302 g/mol. The van der Waals surface area contributed by atoms with E-state index in [2.05, 4.69) is 15.3 Å². The summed E-state index contributed by atoms with van der Waals surface area (Å²) in [5.74, 6) is 0.0285. The van der Waals surface area contributed by atoms with Crippen LogP contribution in [0.2, 0.25) is 0 Å². The summed E-state index contributed by atoms with van der Waals surface area (Å²) < 4.78 is 0. The maximum Gasteiger partial charge on any atom is 0.264 e. The molecule has 1 amide bonds. The minimum absolute atomic E-state index is 0.0164. The minimum Gasteiger partial charge on any atom is -0.351 e. The Hall–Kier alpha value is -3.21. The summed E-state index contributed by atoms with van der Waals surface area (Å²) in [4.78, 5) is 31.1. The van der Waals surface area contributed by atoms with Gasteiger partial charge in [-0.2, -0.15) is 0 Å². The number of nitrogens with one attached hydrogen (secondary N) is 2. The van der Waals surface area contributed by atoms with Crippen molar-refractivity contribution in [1.82, 2.24) is 15.3 Å². The van der Waals surface area contributed by atoms with E-state index in [1.807, 2.05) is 60.7 Å². The van der Waals surface area contributed by atoms with Gasteiger partial charge in [0.2, 0.25) is 0 Å². The van der Waals surface area contributed by atoms with Crippen molar-refractivity contribution < 1.29 is 4.79 Å². The molecule has 0 aliphatic rings. The number of nitrogens with zero attached hydrogens (tertiary/aromatic N) is 1. The lowest BCUT2D eigenvalue weighted by Gasteiger charge is -2.06. The first-order chi connectivity index (χ1) is 11.7. The van der Waals surface area contributed by atoms with Crippen LogP contribution in [0, 0.1) is 0 Å². The molecule has 0 atom stereocenters. The fourth-order valence-corrected chi connectivity index (χ4v) is 2.36.